The molecule has 2 aromatic rings. The molecule has 0 atom stereocenters. The topological polar surface area (TPSA) is 48.1 Å². The molecule has 3 heteroatoms. The molecule has 0 aliphatic rings. The van der Waals surface area contributed by atoms with E-state index >= 15 is 0 Å². The zero-order valence-electron chi connectivity index (χ0n) is 8.73. The van der Waals surface area contributed by atoms with Gasteiger partial charge in [-0.05, 0) is 18.6 Å². The second-order valence-electron chi connectivity index (χ2n) is 3.41. The molecule has 0 saturated heterocycles. The number of aromatic nitrogens is 1. The van der Waals surface area contributed by atoms with Gasteiger partial charge in [-0.1, -0.05) is 19.1 Å². The highest BCUT2D eigenvalue weighted by Gasteiger charge is 2.06. The Hall–Kier alpha value is -1.77. The lowest BCUT2D eigenvalue weighted by molar-refractivity contribution is 0.322. The Morgan fingerprint density at radius 3 is 2.93 bits per heavy atom. The average Bonchev–Trinajstić information content (AvgIpc) is 2.28. The Kier molecular flexibility index (Phi) is 2.72. The third-order valence-corrected chi connectivity index (χ3v) is 2.20. The van der Waals surface area contributed by atoms with Gasteiger partial charge in [-0.2, -0.15) is 0 Å². The Labute approximate surface area is 88.9 Å². The van der Waals surface area contributed by atoms with E-state index in [9.17, 15) is 0 Å². The number of benzene rings is 1. The van der Waals surface area contributed by atoms with E-state index in [1.54, 1.807) is 6.20 Å². The number of nitrogen functional groups attached to an aromatic ring is 1. The van der Waals surface area contributed by atoms with Gasteiger partial charge in [0.05, 0.1) is 24.0 Å². The predicted molar refractivity (Wildman–Crippen MR) is 61.9 cm³/mol. The van der Waals surface area contributed by atoms with Crippen LogP contribution in [0.25, 0.3) is 10.9 Å². The summed E-state index contributed by atoms with van der Waals surface area (Å²) in [7, 11) is 0. The summed E-state index contributed by atoms with van der Waals surface area (Å²) >= 11 is 0. The number of hydrogen-bond acceptors (Lipinski definition) is 3. The molecule has 0 saturated carbocycles. The minimum absolute atomic E-state index is 0.599. The van der Waals surface area contributed by atoms with E-state index in [2.05, 4.69) is 11.9 Å². The van der Waals surface area contributed by atoms with Gasteiger partial charge >= 0.3 is 0 Å². The summed E-state index contributed by atoms with van der Waals surface area (Å²) in [6, 6.07) is 7.84. The lowest BCUT2D eigenvalue weighted by Gasteiger charge is -2.10. The quantitative estimate of drug-likeness (QED) is 0.832. The lowest BCUT2D eigenvalue weighted by Crippen LogP contribution is -2.00. The summed E-state index contributed by atoms with van der Waals surface area (Å²) in [6.07, 6.45) is 2.61. The summed E-state index contributed by atoms with van der Waals surface area (Å²) < 4.78 is 5.63. The minimum atomic E-state index is 0.599. The van der Waals surface area contributed by atoms with Gasteiger partial charge in [0.2, 0.25) is 0 Å². The van der Waals surface area contributed by atoms with E-state index in [4.69, 9.17) is 10.5 Å². The van der Waals surface area contributed by atoms with Crippen LogP contribution in [-0.4, -0.2) is 11.6 Å². The Morgan fingerprint density at radius 2 is 2.13 bits per heavy atom. The highest BCUT2D eigenvalue weighted by Crippen LogP contribution is 2.29. The van der Waals surface area contributed by atoms with Crippen LogP contribution in [0.1, 0.15) is 13.3 Å². The van der Waals surface area contributed by atoms with Gasteiger partial charge in [-0.15, -0.1) is 0 Å². The molecule has 0 aliphatic carbocycles. The fraction of sp³-hybridized carbons (Fsp3) is 0.250. The van der Waals surface area contributed by atoms with Crippen molar-refractivity contribution in [3.8, 4) is 5.75 Å². The number of fused-ring (bicyclic) bond motifs is 1. The first kappa shape index (κ1) is 9.77. The molecule has 0 fully saturated rings. The molecular weight excluding hydrogens is 188 g/mol. The van der Waals surface area contributed by atoms with Gasteiger partial charge in [-0.3, -0.25) is 4.98 Å². The second kappa shape index (κ2) is 4.17. The van der Waals surface area contributed by atoms with Crippen LogP contribution in [0.15, 0.2) is 30.5 Å². The van der Waals surface area contributed by atoms with Gasteiger partial charge < -0.3 is 10.5 Å². The molecule has 0 unspecified atom stereocenters. The second-order valence-corrected chi connectivity index (χ2v) is 3.41. The number of ether oxygens (including phenoxy) is 1. The van der Waals surface area contributed by atoms with E-state index in [0.717, 1.165) is 23.1 Å². The van der Waals surface area contributed by atoms with E-state index in [1.165, 1.54) is 0 Å². The minimum Gasteiger partial charge on any atom is -0.491 e. The number of nitrogens with two attached hydrogens (primary N) is 1. The fourth-order valence-corrected chi connectivity index (χ4v) is 1.50. The molecule has 15 heavy (non-hydrogen) atoms. The zero-order chi connectivity index (χ0) is 10.7. The van der Waals surface area contributed by atoms with Crippen molar-refractivity contribution in [2.24, 2.45) is 0 Å². The lowest BCUT2D eigenvalue weighted by atomic mass is 10.2. The van der Waals surface area contributed by atoms with Crippen molar-refractivity contribution in [1.82, 2.24) is 4.98 Å². The summed E-state index contributed by atoms with van der Waals surface area (Å²) in [5, 5.41) is 0.978. The van der Waals surface area contributed by atoms with Crippen molar-refractivity contribution in [3.63, 3.8) is 0 Å². The number of pyridine rings is 1. The van der Waals surface area contributed by atoms with Crippen LogP contribution >= 0.6 is 0 Å². The van der Waals surface area contributed by atoms with Crippen LogP contribution < -0.4 is 10.5 Å². The van der Waals surface area contributed by atoms with Crippen LogP contribution in [0, 0.1) is 0 Å². The van der Waals surface area contributed by atoms with Gasteiger partial charge in [0, 0.05) is 5.39 Å². The van der Waals surface area contributed by atoms with E-state index in [0.29, 0.717) is 12.3 Å². The molecule has 2 N–H and O–H groups in total. The van der Waals surface area contributed by atoms with E-state index in [-0.39, 0.29) is 0 Å². The molecule has 2 rings (SSSR count). The first-order valence-electron chi connectivity index (χ1n) is 5.09. The standard InChI is InChI=1S/C12H14N2O/c1-2-7-15-12-9-5-3-4-6-11(9)14-8-10(12)13/h3-6,8H,2,7,13H2,1H3. The molecule has 3 nitrogen and oxygen atoms in total. The van der Waals surface area contributed by atoms with Gasteiger partial charge in [0.1, 0.15) is 0 Å². The number of nitrogens with zero attached hydrogens (tertiary/aromatic N) is 1. The predicted octanol–water partition coefficient (Wildman–Crippen LogP) is 2.61. The summed E-state index contributed by atoms with van der Waals surface area (Å²) in [5.41, 5.74) is 7.35. The Balaban J connectivity index is 2.53. The van der Waals surface area contributed by atoms with Crippen molar-refractivity contribution in [3.05, 3.63) is 30.5 Å². The maximum atomic E-state index is 5.84. The van der Waals surface area contributed by atoms with Crippen LogP contribution in [0.2, 0.25) is 0 Å². The molecule has 1 aromatic heterocycles. The average molecular weight is 202 g/mol. The normalized spacial score (nSPS) is 10.5. The third kappa shape index (κ3) is 1.86. The van der Waals surface area contributed by atoms with Crippen molar-refractivity contribution < 1.29 is 4.74 Å². The molecule has 1 heterocycles. The van der Waals surface area contributed by atoms with Crippen molar-refractivity contribution in [2.75, 3.05) is 12.3 Å². The number of rotatable bonds is 3. The Morgan fingerprint density at radius 1 is 1.33 bits per heavy atom. The van der Waals surface area contributed by atoms with Gasteiger partial charge in [-0.25, -0.2) is 0 Å². The number of hydrogen-bond donors (Lipinski definition) is 1. The maximum absolute atomic E-state index is 5.84. The molecule has 0 aliphatic heterocycles. The molecule has 0 radical (unpaired) electrons. The van der Waals surface area contributed by atoms with Gasteiger partial charge in [0.25, 0.3) is 0 Å². The maximum Gasteiger partial charge on any atom is 0.153 e. The van der Waals surface area contributed by atoms with Crippen molar-refractivity contribution >= 4 is 16.6 Å². The largest absolute Gasteiger partial charge is 0.491 e. The molecule has 1 aromatic carbocycles. The number of anilines is 1. The summed E-state index contributed by atoms with van der Waals surface area (Å²) in [6.45, 7) is 2.75. The fourth-order valence-electron chi connectivity index (χ4n) is 1.50. The summed E-state index contributed by atoms with van der Waals surface area (Å²) in [5.74, 6) is 0.752. The number of para-hydroxylation sites is 1. The molecule has 0 amide bonds. The van der Waals surface area contributed by atoms with Crippen LogP contribution in [0.5, 0.6) is 5.75 Å². The molecular formula is C12H14N2O. The molecule has 0 bridgehead atoms. The molecule has 78 valence electrons. The Bertz CT molecular complexity index is 468. The first-order chi connectivity index (χ1) is 7.33. The van der Waals surface area contributed by atoms with Crippen molar-refractivity contribution in [1.29, 1.82) is 0 Å². The smallest absolute Gasteiger partial charge is 0.153 e. The summed E-state index contributed by atoms with van der Waals surface area (Å²) in [4.78, 5) is 4.24. The highest BCUT2D eigenvalue weighted by atomic mass is 16.5. The van der Waals surface area contributed by atoms with E-state index < -0.39 is 0 Å². The van der Waals surface area contributed by atoms with Crippen molar-refractivity contribution in [2.45, 2.75) is 13.3 Å². The third-order valence-electron chi connectivity index (χ3n) is 2.20. The van der Waals surface area contributed by atoms with Crippen LogP contribution in [-0.2, 0) is 0 Å². The molecule has 0 spiro atoms. The first-order valence-corrected chi connectivity index (χ1v) is 5.09. The van der Waals surface area contributed by atoms with Crippen LogP contribution in [0.3, 0.4) is 0 Å². The SMILES string of the molecule is CCCOc1c(N)cnc2ccccc12. The van der Waals surface area contributed by atoms with E-state index in [1.807, 2.05) is 24.3 Å². The van der Waals surface area contributed by atoms with Gasteiger partial charge in [0.15, 0.2) is 5.75 Å². The van der Waals surface area contributed by atoms with Crippen LogP contribution in [0.4, 0.5) is 5.69 Å². The zero-order valence-corrected chi connectivity index (χ0v) is 8.73. The monoisotopic (exact) mass is 202 g/mol. The highest BCUT2D eigenvalue weighted by molar-refractivity contribution is 5.89.